The lowest BCUT2D eigenvalue weighted by Gasteiger charge is -2.25. The topological polar surface area (TPSA) is 75.6 Å². The summed E-state index contributed by atoms with van der Waals surface area (Å²) >= 11 is 0. The smallest absolute Gasteiger partial charge is 0.308 e. The molecule has 1 aliphatic rings. The summed E-state index contributed by atoms with van der Waals surface area (Å²) in [4.78, 5) is 24.2. The maximum absolute atomic E-state index is 12.6. The molecule has 0 aromatic heterocycles. The molecule has 3 rings (SSSR count). The second-order valence-electron chi connectivity index (χ2n) is 6.70. The second-order valence-corrected chi connectivity index (χ2v) is 6.70. The van der Waals surface area contributed by atoms with Crippen LogP contribution in [0.15, 0.2) is 48.5 Å². The summed E-state index contributed by atoms with van der Waals surface area (Å²) in [5, 5.41) is 12.3. The van der Waals surface area contributed by atoms with E-state index < -0.39 is 11.9 Å². The Labute approximate surface area is 153 Å². The van der Waals surface area contributed by atoms with Gasteiger partial charge in [0.15, 0.2) is 0 Å². The van der Waals surface area contributed by atoms with Crippen molar-refractivity contribution >= 4 is 11.9 Å². The number of aliphatic carboxylic acids is 1. The van der Waals surface area contributed by atoms with Crippen LogP contribution in [0.2, 0.25) is 0 Å². The third-order valence-corrected chi connectivity index (χ3v) is 4.71. The molecule has 136 valence electrons. The lowest BCUT2D eigenvalue weighted by atomic mass is 9.92. The molecule has 1 aliphatic heterocycles. The van der Waals surface area contributed by atoms with E-state index in [9.17, 15) is 14.7 Å². The van der Waals surface area contributed by atoms with E-state index >= 15 is 0 Å². The summed E-state index contributed by atoms with van der Waals surface area (Å²) in [6, 6.07) is 15.3. The number of fused-ring (bicyclic) bond motifs is 1. The number of amides is 1. The molecule has 26 heavy (non-hydrogen) atoms. The highest BCUT2D eigenvalue weighted by Crippen LogP contribution is 2.33. The Kier molecular flexibility index (Phi) is 5.56. The van der Waals surface area contributed by atoms with Gasteiger partial charge < -0.3 is 15.2 Å². The monoisotopic (exact) mass is 353 g/mol. The minimum absolute atomic E-state index is 0.113. The first-order chi connectivity index (χ1) is 12.5. The molecule has 2 aromatic rings. The van der Waals surface area contributed by atoms with Gasteiger partial charge in [-0.15, -0.1) is 0 Å². The van der Waals surface area contributed by atoms with E-state index in [1.54, 1.807) is 0 Å². The number of ether oxygens (including phenoxy) is 1. The summed E-state index contributed by atoms with van der Waals surface area (Å²) < 4.78 is 5.58. The maximum Gasteiger partial charge on any atom is 0.308 e. The molecule has 0 radical (unpaired) electrons. The van der Waals surface area contributed by atoms with Gasteiger partial charge in [-0.25, -0.2) is 0 Å². The molecule has 0 saturated carbocycles. The second kappa shape index (κ2) is 8.04. The number of nitrogens with one attached hydrogen (secondary N) is 1. The van der Waals surface area contributed by atoms with Gasteiger partial charge in [0.25, 0.3) is 0 Å². The van der Waals surface area contributed by atoms with Gasteiger partial charge >= 0.3 is 5.97 Å². The van der Waals surface area contributed by atoms with Gasteiger partial charge in [-0.2, -0.15) is 0 Å². The van der Waals surface area contributed by atoms with Gasteiger partial charge in [-0.3, -0.25) is 9.59 Å². The van der Waals surface area contributed by atoms with Crippen LogP contribution in [-0.2, 0) is 16.0 Å². The van der Waals surface area contributed by atoms with Crippen molar-refractivity contribution in [2.24, 2.45) is 5.92 Å². The first kappa shape index (κ1) is 18.0. The first-order valence-corrected chi connectivity index (χ1v) is 8.82. The summed E-state index contributed by atoms with van der Waals surface area (Å²) in [5.74, 6) is -1.27. The Morgan fingerprint density at radius 1 is 1.23 bits per heavy atom. The van der Waals surface area contributed by atoms with Gasteiger partial charge in [0.2, 0.25) is 5.91 Å². The molecule has 0 unspecified atom stereocenters. The molecule has 5 nitrogen and oxygen atoms in total. The number of carbonyl (C=O) groups is 2. The van der Waals surface area contributed by atoms with Crippen LogP contribution in [0.25, 0.3) is 0 Å². The number of benzene rings is 2. The number of aryl methyl sites for hydroxylation is 1. The lowest BCUT2D eigenvalue weighted by Crippen LogP contribution is -2.38. The van der Waals surface area contributed by atoms with Gasteiger partial charge in [-0.1, -0.05) is 48.0 Å². The number of hydrogen-bond donors (Lipinski definition) is 2. The molecule has 1 amide bonds. The van der Waals surface area contributed by atoms with Crippen LogP contribution in [0, 0.1) is 12.8 Å². The zero-order chi connectivity index (χ0) is 18.5. The molecule has 5 heteroatoms. The molecule has 0 saturated heterocycles. The molecule has 2 atom stereocenters. The van der Waals surface area contributed by atoms with E-state index in [-0.39, 0.29) is 18.4 Å². The van der Waals surface area contributed by atoms with Crippen molar-refractivity contribution in [3.63, 3.8) is 0 Å². The largest absolute Gasteiger partial charge is 0.493 e. The predicted molar refractivity (Wildman–Crippen MR) is 98.3 cm³/mol. The molecule has 2 aromatic carbocycles. The van der Waals surface area contributed by atoms with Gasteiger partial charge in [-0.05, 0) is 31.4 Å². The molecule has 0 aliphatic carbocycles. The number of carboxylic acids is 1. The van der Waals surface area contributed by atoms with Crippen LogP contribution in [0.1, 0.15) is 29.0 Å². The Balaban J connectivity index is 1.64. The zero-order valence-corrected chi connectivity index (χ0v) is 14.8. The third kappa shape index (κ3) is 4.23. The average molecular weight is 353 g/mol. The molecule has 0 fully saturated rings. The minimum atomic E-state index is -0.904. The fraction of sp³-hybridized carbons (Fsp3) is 0.333. The summed E-state index contributed by atoms with van der Waals surface area (Å²) in [6.45, 7) is 2.58. The fourth-order valence-electron chi connectivity index (χ4n) is 3.33. The average Bonchev–Trinajstić information content (AvgIpc) is 2.64. The van der Waals surface area contributed by atoms with E-state index in [1.807, 2.05) is 55.5 Å². The summed E-state index contributed by atoms with van der Waals surface area (Å²) in [5.41, 5.74) is 2.92. The van der Waals surface area contributed by atoms with E-state index in [0.29, 0.717) is 19.4 Å². The summed E-state index contributed by atoms with van der Waals surface area (Å²) in [6.07, 6.45) is 0.986. The molecular weight excluding hydrogens is 330 g/mol. The van der Waals surface area contributed by atoms with Crippen LogP contribution in [0.4, 0.5) is 0 Å². The van der Waals surface area contributed by atoms with Crippen molar-refractivity contribution in [1.82, 2.24) is 5.32 Å². The molecular formula is C21H23NO4. The fourth-order valence-corrected chi connectivity index (χ4v) is 3.33. The Morgan fingerprint density at radius 3 is 2.81 bits per heavy atom. The number of para-hydroxylation sites is 1. The Bertz CT molecular complexity index is 802. The molecule has 0 spiro atoms. The van der Waals surface area contributed by atoms with E-state index in [4.69, 9.17) is 4.74 Å². The van der Waals surface area contributed by atoms with Gasteiger partial charge in [0.05, 0.1) is 18.4 Å². The highest BCUT2D eigenvalue weighted by Gasteiger charge is 2.28. The highest BCUT2D eigenvalue weighted by atomic mass is 16.5. The number of carboxylic acid groups (broad SMARTS) is 1. The Morgan fingerprint density at radius 2 is 2.04 bits per heavy atom. The quantitative estimate of drug-likeness (QED) is 0.837. The normalized spacial score (nSPS) is 16.9. The van der Waals surface area contributed by atoms with Crippen molar-refractivity contribution in [2.45, 2.75) is 25.7 Å². The third-order valence-electron chi connectivity index (χ3n) is 4.71. The minimum Gasteiger partial charge on any atom is -0.493 e. The van der Waals surface area contributed by atoms with Crippen molar-refractivity contribution in [3.8, 4) is 5.75 Å². The van der Waals surface area contributed by atoms with Crippen LogP contribution >= 0.6 is 0 Å². The standard InChI is InChI=1S/C21H23NO4/c1-14-5-4-6-15(11-14)12-16(21(24)25)13-22-20(23)18-9-10-26-19-8-3-2-7-17(18)19/h2-8,11,16,18H,9-10,12-13H2,1H3,(H,22,23)(H,24,25)/t16-,18-/m0/s1. The molecule has 1 heterocycles. The van der Waals surface area contributed by atoms with Crippen LogP contribution in [0.5, 0.6) is 5.75 Å². The zero-order valence-electron chi connectivity index (χ0n) is 14.8. The van der Waals surface area contributed by atoms with Crippen LogP contribution < -0.4 is 10.1 Å². The number of carbonyl (C=O) groups excluding carboxylic acids is 1. The first-order valence-electron chi connectivity index (χ1n) is 8.82. The van der Waals surface area contributed by atoms with Crippen molar-refractivity contribution in [3.05, 3.63) is 65.2 Å². The SMILES string of the molecule is Cc1cccc(C[C@@H](CNC(=O)[C@H]2CCOc3ccccc32)C(=O)O)c1. The van der Waals surface area contributed by atoms with E-state index in [2.05, 4.69) is 5.32 Å². The van der Waals surface area contributed by atoms with Crippen molar-refractivity contribution in [2.75, 3.05) is 13.2 Å². The lowest BCUT2D eigenvalue weighted by molar-refractivity contribution is -0.141. The summed E-state index contributed by atoms with van der Waals surface area (Å²) in [7, 11) is 0. The van der Waals surface area contributed by atoms with E-state index in [0.717, 1.165) is 22.4 Å². The highest BCUT2D eigenvalue weighted by molar-refractivity contribution is 5.85. The van der Waals surface area contributed by atoms with Crippen molar-refractivity contribution < 1.29 is 19.4 Å². The van der Waals surface area contributed by atoms with Gasteiger partial charge in [0, 0.05) is 12.1 Å². The van der Waals surface area contributed by atoms with E-state index in [1.165, 1.54) is 0 Å². The van der Waals surface area contributed by atoms with Crippen LogP contribution in [0.3, 0.4) is 0 Å². The molecule has 2 N–H and O–H groups in total. The maximum atomic E-state index is 12.6. The Hall–Kier alpha value is -2.82. The molecule has 0 bridgehead atoms. The van der Waals surface area contributed by atoms with Gasteiger partial charge in [0.1, 0.15) is 5.75 Å². The number of hydrogen-bond acceptors (Lipinski definition) is 3. The number of rotatable bonds is 6. The van der Waals surface area contributed by atoms with Crippen LogP contribution in [-0.4, -0.2) is 30.1 Å². The van der Waals surface area contributed by atoms with Crippen molar-refractivity contribution in [1.29, 1.82) is 0 Å². The predicted octanol–water partition coefficient (Wildman–Crippen LogP) is 2.92.